The van der Waals surface area contributed by atoms with Gasteiger partial charge in [-0.15, -0.1) is 0 Å². The quantitative estimate of drug-likeness (QED) is 0.505. The second kappa shape index (κ2) is 2.02. The summed E-state index contributed by atoms with van der Waals surface area (Å²) in [6, 6.07) is -0.176. The van der Waals surface area contributed by atoms with Crippen molar-refractivity contribution < 1.29 is 4.39 Å². The molecule has 1 aliphatic carbocycles. The van der Waals surface area contributed by atoms with Crippen molar-refractivity contribution in [2.24, 2.45) is 11.7 Å². The van der Waals surface area contributed by atoms with Crippen molar-refractivity contribution >= 4 is 0 Å². The monoisotopic (exact) mass is 117 g/mol. The predicted molar refractivity (Wildman–Crippen MR) is 31.3 cm³/mol. The zero-order chi connectivity index (χ0) is 6.15. The van der Waals surface area contributed by atoms with Crippen LogP contribution in [0.25, 0.3) is 0 Å². The first-order valence-electron chi connectivity index (χ1n) is 3.11. The first-order valence-corrected chi connectivity index (χ1v) is 3.11. The molecule has 0 aliphatic heterocycles. The summed E-state index contributed by atoms with van der Waals surface area (Å²) in [5.74, 6) is 0.199. The maximum atomic E-state index is 12.6. The lowest BCUT2D eigenvalue weighted by molar-refractivity contribution is 0.256. The van der Waals surface area contributed by atoms with E-state index >= 15 is 0 Å². The summed E-state index contributed by atoms with van der Waals surface area (Å²) >= 11 is 0. The van der Waals surface area contributed by atoms with Gasteiger partial charge >= 0.3 is 0 Å². The molecule has 0 heterocycles. The summed E-state index contributed by atoms with van der Waals surface area (Å²) in [4.78, 5) is 0. The third-order valence-electron chi connectivity index (χ3n) is 1.91. The van der Waals surface area contributed by atoms with Gasteiger partial charge in [-0.1, -0.05) is 6.92 Å². The Morgan fingerprint density at radius 3 is 2.25 bits per heavy atom. The highest BCUT2D eigenvalue weighted by molar-refractivity contribution is 4.84. The Morgan fingerprint density at radius 1 is 1.50 bits per heavy atom. The lowest BCUT2D eigenvalue weighted by Gasteiger charge is -2.07. The normalized spacial score (nSPS) is 47.6. The van der Waals surface area contributed by atoms with Gasteiger partial charge in [0, 0.05) is 6.04 Å². The van der Waals surface area contributed by atoms with E-state index in [2.05, 4.69) is 0 Å². The van der Waals surface area contributed by atoms with Crippen molar-refractivity contribution in [3.63, 3.8) is 0 Å². The van der Waals surface area contributed by atoms with Crippen LogP contribution in [0.5, 0.6) is 0 Å². The number of nitrogens with two attached hydrogens (primary N) is 1. The van der Waals surface area contributed by atoms with Crippen molar-refractivity contribution in [3.05, 3.63) is 0 Å². The van der Waals surface area contributed by atoms with Crippen LogP contribution in [0.15, 0.2) is 0 Å². The number of alkyl halides is 1. The number of halogens is 1. The van der Waals surface area contributed by atoms with E-state index in [1.807, 2.05) is 6.92 Å². The second-order valence-electron chi connectivity index (χ2n) is 2.66. The van der Waals surface area contributed by atoms with E-state index in [1.165, 1.54) is 0 Å². The summed E-state index contributed by atoms with van der Waals surface area (Å²) in [5.41, 5.74) is 5.39. The largest absolute Gasteiger partial charge is 0.325 e. The Hall–Kier alpha value is -0.110. The molecule has 48 valence electrons. The molecule has 2 unspecified atom stereocenters. The Morgan fingerprint density at radius 2 is 2.12 bits per heavy atom. The molecule has 1 rings (SSSR count). The smallest absolute Gasteiger partial charge is 0.118 e. The van der Waals surface area contributed by atoms with E-state index < -0.39 is 6.17 Å². The molecular weight excluding hydrogens is 105 g/mol. The van der Waals surface area contributed by atoms with Crippen LogP contribution in [0.2, 0.25) is 0 Å². The lowest BCUT2D eigenvalue weighted by Crippen LogP contribution is -2.27. The molecular formula is C6H12FN. The average molecular weight is 117 g/mol. The van der Waals surface area contributed by atoms with Gasteiger partial charge < -0.3 is 5.73 Å². The van der Waals surface area contributed by atoms with Crippen LogP contribution in [0.1, 0.15) is 19.8 Å². The average Bonchev–Trinajstić information content (AvgIpc) is 1.98. The predicted octanol–water partition coefficient (Wildman–Crippen LogP) is 1.08. The molecule has 2 heteroatoms. The Bertz CT molecular complexity index is 74.6. The zero-order valence-electron chi connectivity index (χ0n) is 5.10. The first-order chi connectivity index (χ1) is 3.72. The maximum absolute atomic E-state index is 12.6. The number of rotatable bonds is 0. The molecule has 2 N–H and O–H groups in total. The summed E-state index contributed by atoms with van der Waals surface area (Å²) in [6.07, 6.45) is 1.08. The van der Waals surface area contributed by atoms with Gasteiger partial charge in [0.2, 0.25) is 0 Å². The second-order valence-corrected chi connectivity index (χ2v) is 2.66. The van der Waals surface area contributed by atoms with Crippen LogP contribution in [0.3, 0.4) is 0 Å². The molecule has 0 radical (unpaired) electrons. The molecule has 0 aromatic heterocycles. The number of hydrogen-bond donors (Lipinski definition) is 1. The van der Waals surface area contributed by atoms with Gasteiger partial charge in [-0.25, -0.2) is 4.39 Å². The van der Waals surface area contributed by atoms with E-state index in [1.54, 1.807) is 0 Å². The molecule has 3 atom stereocenters. The minimum atomic E-state index is -0.741. The number of hydrogen-bond acceptors (Lipinski definition) is 1. The van der Waals surface area contributed by atoms with E-state index in [0.29, 0.717) is 0 Å². The van der Waals surface area contributed by atoms with Gasteiger partial charge in [-0.2, -0.15) is 0 Å². The third-order valence-corrected chi connectivity index (χ3v) is 1.91. The minimum absolute atomic E-state index is 0.176. The highest BCUT2D eigenvalue weighted by atomic mass is 19.1. The van der Waals surface area contributed by atoms with Crippen molar-refractivity contribution in [3.8, 4) is 0 Å². The molecule has 8 heavy (non-hydrogen) atoms. The van der Waals surface area contributed by atoms with Crippen molar-refractivity contribution in [2.75, 3.05) is 0 Å². The molecule has 1 saturated carbocycles. The standard InChI is InChI=1S/C6H12FN/c1-4-2-3-5(8)6(4)7/h4-6H,2-3,8H2,1H3/t4?,5-,6?/m0/s1. The summed E-state index contributed by atoms with van der Waals surface area (Å²) in [5, 5.41) is 0. The van der Waals surface area contributed by atoms with Crippen molar-refractivity contribution in [2.45, 2.75) is 32.0 Å². The van der Waals surface area contributed by atoms with Crippen LogP contribution in [-0.2, 0) is 0 Å². The molecule has 0 bridgehead atoms. The highest BCUT2D eigenvalue weighted by Crippen LogP contribution is 2.26. The summed E-state index contributed by atoms with van der Waals surface area (Å²) in [6.45, 7) is 1.91. The van der Waals surface area contributed by atoms with E-state index in [0.717, 1.165) is 12.8 Å². The van der Waals surface area contributed by atoms with Crippen molar-refractivity contribution in [1.29, 1.82) is 0 Å². The van der Waals surface area contributed by atoms with Gasteiger partial charge in [0.05, 0.1) is 0 Å². The topological polar surface area (TPSA) is 26.0 Å². The fourth-order valence-electron chi connectivity index (χ4n) is 1.20. The van der Waals surface area contributed by atoms with E-state index in [4.69, 9.17) is 5.73 Å². The Kier molecular flexibility index (Phi) is 1.52. The Labute approximate surface area is 49.1 Å². The molecule has 0 amide bonds. The zero-order valence-corrected chi connectivity index (χ0v) is 5.10. The van der Waals surface area contributed by atoms with E-state index in [-0.39, 0.29) is 12.0 Å². The van der Waals surface area contributed by atoms with E-state index in [9.17, 15) is 4.39 Å². The maximum Gasteiger partial charge on any atom is 0.118 e. The fraction of sp³-hybridized carbons (Fsp3) is 1.00. The van der Waals surface area contributed by atoms with Crippen LogP contribution in [0.4, 0.5) is 4.39 Å². The van der Waals surface area contributed by atoms with Crippen molar-refractivity contribution in [1.82, 2.24) is 0 Å². The highest BCUT2D eigenvalue weighted by Gasteiger charge is 2.29. The molecule has 0 aromatic carbocycles. The third kappa shape index (κ3) is 0.848. The molecule has 1 fully saturated rings. The van der Waals surface area contributed by atoms with Crippen LogP contribution in [0, 0.1) is 5.92 Å². The molecule has 1 aliphatic rings. The van der Waals surface area contributed by atoms with Crippen LogP contribution >= 0.6 is 0 Å². The molecule has 0 aromatic rings. The van der Waals surface area contributed by atoms with Gasteiger partial charge in [-0.05, 0) is 18.8 Å². The molecule has 0 saturated heterocycles. The van der Waals surface area contributed by atoms with Gasteiger partial charge in [-0.3, -0.25) is 0 Å². The van der Waals surface area contributed by atoms with Gasteiger partial charge in [0.15, 0.2) is 0 Å². The first kappa shape index (κ1) is 6.02. The van der Waals surface area contributed by atoms with Gasteiger partial charge in [0.1, 0.15) is 6.17 Å². The Balaban J connectivity index is 2.44. The summed E-state index contributed by atoms with van der Waals surface area (Å²) < 4.78 is 12.6. The summed E-state index contributed by atoms with van der Waals surface area (Å²) in [7, 11) is 0. The van der Waals surface area contributed by atoms with Crippen LogP contribution in [-0.4, -0.2) is 12.2 Å². The lowest BCUT2D eigenvalue weighted by atomic mass is 10.1. The molecule has 1 nitrogen and oxygen atoms in total. The SMILES string of the molecule is CC1CC[C@H](N)C1F. The molecule has 0 spiro atoms. The fourth-order valence-corrected chi connectivity index (χ4v) is 1.20. The minimum Gasteiger partial charge on any atom is -0.325 e. The van der Waals surface area contributed by atoms with Gasteiger partial charge in [0.25, 0.3) is 0 Å². The van der Waals surface area contributed by atoms with Crippen LogP contribution < -0.4 is 5.73 Å².